The third-order valence-electron chi connectivity index (χ3n) is 3.14. The van der Waals surface area contributed by atoms with E-state index in [4.69, 9.17) is 4.42 Å². The maximum atomic E-state index is 12.8. The number of benzene rings is 1. The van der Waals surface area contributed by atoms with E-state index in [0.29, 0.717) is 17.2 Å². The zero-order chi connectivity index (χ0) is 17.7. The van der Waals surface area contributed by atoms with E-state index in [2.05, 4.69) is 5.32 Å². The number of amides is 1. The monoisotopic (exact) mass is 352 g/mol. The summed E-state index contributed by atoms with van der Waals surface area (Å²) in [4.78, 5) is 11.8. The number of carbonyl (C=O) groups excluding carboxylic acids is 1. The molecule has 0 aliphatic carbocycles. The molecule has 1 aromatic carbocycles. The lowest BCUT2D eigenvalue weighted by atomic mass is 10.3. The molecular weight excluding hydrogens is 335 g/mol. The highest BCUT2D eigenvalue weighted by Crippen LogP contribution is 2.13. The lowest BCUT2D eigenvalue weighted by Gasteiger charge is -2.11. The SMILES string of the molecule is CN(Cc1ccc(/C=C/C(=O)Nc2ccc(F)cc2)o1)S(C)(=O)=O. The first kappa shape index (κ1) is 17.9. The lowest BCUT2D eigenvalue weighted by molar-refractivity contribution is -0.111. The van der Waals surface area contributed by atoms with E-state index in [1.165, 1.54) is 43.5 Å². The second-order valence-corrected chi connectivity index (χ2v) is 7.24. The first-order chi connectivity index (χ1) is 11.2. The fourth-order valence-electron chi connectivity index (χ4n) is 1.78. The van der Waals surface area contributed by atoms with Crippen LogP contribution in [-0.2, 0) is 21.4 Å². The second kappa shape index (κ2) is 7.41. The molecule has 0 spiro atoms. The number of anilines is 1. The number of sulfonamides is 1. The van der Waals surface area contributed by atoms with E-state index >= 15 is 0 Å². The molecule has 0 unspecified atom stereocenters. The Morgan fingerprint density at radius 1 is 1.25 bits per heavy atom. The predicted molar refractivity (Wildman–Crippen MR) is 89.1 cm³/mol. The van der Waals surface area contributed by atoms with Crippen molar-refractivity contribution in [2.75, 3.05) is 18.6 Å². The van der Waals surface area contributed by atoms with Crippen LogP contribution in [0.25, 0.3) is 6.08 Å². The van der Waals surface area contributed by atoms with E-state index in [0.717, 1.165) is 10.6 Å². The zero-order valence-corrected chi connectivity index (χ0v) is 14.0. The number of furan rings is 1. The Morgan fingerprint density at radius 2 is 1.92 bits per heavy atom. The molecule has 0 aliphatic heterocycles. The molecule has 0 radical (unpaired) electrons. The number of nitrogens with one attached hydrogen (secondary N) is 1. The van der Waals surface area contributed by atoms with Crippen LogP contribution in [0, 0.1) is 5.82 Å². The summed E-state index contributed by atoms with van der Waals surface area (Å²) in [5, 5.41) is 2.58. The van der Waals surface area contributed by atoms with Gasteiger partial charge in [-0.05, 0) is 42.5 Å². The largest absolute Gasteiger partial charge is 0.460 e. The van der Waals surface area contributed by atoms with Crippen LogP contribution in [0.15, 0.2) is 46.9 Å². The number of halogens is 1. The normalized spacial score (nSPS) is 12.0. The van der Waals surface area contributed by atoms with Crippen molar-refractivity contribution in [1.29, 1.82) is 0 Å². The van der Waals surface area contributed by atoms with Gasteiger partial charge in [-0.25, -0.2) is 12.8 Å². The molecule has 1 aromatic heterocycles. The quantitative estimate of drug-likeness (QED) is 0.810. The van der Waals surface area contributed by atoms with Gasteiger partial charge in [0, 0.05) is 18.8 Å². The van der Waals surface area contributed by atoms with Gasteiger partial charge < -0.3 is 9.73 Å². The molecule has 8 heteroatoms. The van der Waals surface area contributed by atoms with Crippen LogP contribution in [0.2, 0.25) is 0 Å². The second-order valence-electron chi connectivity index (χ2n) is 5.15. The highest BCUT2D eigenvalue weighted by atomic mass is 32.2. The average molecular weight is 352 g/mol. The molecule has 1 heterocycles. The summed E-state index contributed by atoms with van der Waals surface area (Å²) in [5.74, 6) is 0.0983. The molecule has 128 valence electrons. The molecule has 0 aliphatic rings. The van der Waals surface area contributed by atoms with Crippen LogP contribution in [-0.4, -0.2) is 31.9 Å². The minimum Gasteiger partial charge on any atom is -0.460 e. The van der Waals surface area contributed by atoms with Crippen LogP contribution in [0.1, 0.15) is 11.5 Å². The van der Waals surface area contributed by atoms with Gasteiger partial charge in [-0.3, -0.25) is 4.79 Å². The Kier molecular flexibility index (Phi) is 5.53. The van der Waals surface area contributed by atoms with Crippen molar-refractivity contribution in [3.8, 4) is 0 Å². The lowest BCUT2D eigenvalue weighted by Crippen LogP contribution is -2.24. The molecule has 0 bridgehead atoms. The maximum Gasteiger partial charge on any atom is 0.248 e. The van der Waals surface area contributed by atoms with Crippen LogP contribution in [0.4, 0.5) is 10.1 Å². The van der Waals surface area contributed by atoms with Gasteiger partial charge in [-0.2, -0.15) is 4.31 Å². The molecule has 1 N–H and O–H groups in total. The minimum absolute atomic E-state index is 0.106. The smallest absolute Gasteiger partial charge is 0.248 e. The average Bonchev–Trinajstić information content (AvgIpc) is 2.94. The molecule has 0 saturated carbocycles. The van der Waals surface area contributed by atoms with Crippen molar-refractivity contribution >= 4 is 27.7 Å². The molecule has 1 amide bonds. The number of rotatable bonds is 6. The van der Waals surface area contributed by atoms with Crippen LogP contribution in [0.5, 0.6) is 0 Å². The van der Waals surface area contributed by atoms with Crippen LogP contribution in [0.3, 0.4) is 0 Å². The Bertz CT molecular complexity index is 841. The van der Waals surface area contributed by atoms with Crippen molar-refractivity contribution in [2.24, 2.45) is 0 Å². The number of hydrogen-bond acceptors (Lipinski definition) is 4. The number of carbonyl (C=O) groups is 1. The zero-order valence-electron chi connectivity index (χ0n) is 13.2. The molecule has 0 saturated heterocycles. The third-order valence-corrected chi connectivity index (χ3v) is 4.40. The number of hydrogen-bond donors (Lipinski definition) is 1. The summed E-state index contributed by atoms with van der Waals surface area (Å²) in [6, 6.07) is 8.67. The third kappa shape index (κ3) is 5.32. The van der Waals surface area contributed by atoms with E-state index in [1.54, 1.807) is 12.1 Å². The first-order valence-corrected chi connectivity index (χ1v) is 8.83. The van der Waals surface area contributed by atoms with Gasteiger partial charge in [0.2, 0.25) is 15.9 Å². The highest BCUT2D eigenvalue weighted by molar-refractivity contribution is 7.88. The van der Waals surface area contributed by atoms with Gasteiger partial charge in [0.1, 0.15) is 17.3 Å². The summed E-state index contributed by atoms with van der Waals surface area (Å²) < 4.78 is 42.1. The van der Waals surface area contributed by atoms with Crippen molar-refractivity contribution in [1.82, 2.24) is 4.31 Å². The molecule has 0 fully saturated rings. The Labute approximate surface area is 139 Å². The summed E-state index contributed by atoms with van der Waals surface area (Å²) in [6.07, 6.45) is 3.84. The first-order valence-electron chi connectivity index (χ1n) is 6.99. The predicted octanol–water partition coefficient (Wildman–Crippen LogP) is 2.46. The van der Waals surface area contributed by atoms with E-state index in [9.17, 15) is 17.6 Å². The topological polar surface area (TPSA) is 79.6 Å². The molecular formula is C16H17FN2O4S. The molecule has 24 heavy (non-hydrogen) atoms. The fourth-order valence-corrected chi connectivity index (χ4v) is 2.14. The highest BCUT2D eigenvalue weighted by Gasteiger charge is 2.13. The number of nitrogens with zero attached hydrogens (tertiary/aromatic N) is 1. The van der Waals surface area contributed by atoms with Gasteiger partial charge in [-0.15, -0.1) is 0 Å². The van der Waals surface area contributed by atoms with Gasteiger partial charge >= 0.3 is 0 Å². The fraction of sp³-hybridized carbons (Fsp3) is 0.188. The van der Waals surface area contributed by atoms with E-state index in [-0.39, 0.29) is 12.4 Å². The summed E-state index contributed by atoms with van der Waals surface area (Å²) >= 11 is 0. The van der Waals surface area contributed by atoms with Crippen molar-refractivity contribution in [3.05, 3.63) is 59.8 Å². The van der Waals surface area contributed by atoms with Gasteiger partial charge in [0.25, 0.3) is 0 Å². The van der Waals surface area contributed by atoms with Crippen molar-refractivity contribution < 1.29 is 22.0 Å². The molecule has 2 rings (SSSR count). The molecule has 6 nitrogen and oxygen atoms in total. The van der Waals surface area contributed by atoms with Gasteiger partial charge in [0.15, 0.2) is 0 Å². The van der Waals surface area contributed by atoms with Crippen LogP contribution >= 0.6 is 0 Å². The van der Waals surface area contributed by atoms with E-state index in [1.807, 2.05) is 0 Å². The van der Waals surface area contributed by atoms with E-state index < -0.39 is 15.9 Å². The summed E-state index contributed by atoms with van der Waals surface area (Å²) in [7, 11) is -1.84. The van der Waals surface area contributed by atoms with Gasteiger partial charge in [-0.1, -0.05) is 0 Å². The summed E-state index contributed by atoms with van der Waals surface area (Å²) in [6.45, 7) is 0.106. The Morgan fingerprint density at radius 3 is 2.54 bits per heavy atom. The van der Waals surface area contributed by atoms with Crippen molar-refractivity contribution in [3.63, 3.8) is 0 Å². The van der Waals surface area contributed by atoms with Crippen LogP contribution < -0.4 is 5.32 Å². The summed E-state index contributed by atoms with van der Waals surface area (Å²) in [5.41, 5.74) is 0.473. The van der Waals surface area contributed by atoms with Gasteiger partial charge in [0.05, 0.1) is 12.8 Å². The minimum atomic E-state index is -3.29. The maximum absolute atomic E-state index is 12.8. The Hall–Kier alpha value is -2.45. The van der Waals surface area contributed by atoms with Crippen molar-refractivity contribution in [2.45, 2.75) is 6.54 Å². The Balaban J connectivity index is 1.94. The molecule has 2 aromatic rings. The molecule has 0 atom stereocenters. The standard InChI is InChI=1S/C16H17FN2O4S/c1-19(24(2,21)22)11-15-8-7-14(23-15)9-10-16(20)18-13-5-3-12(17)4-6-13/h3-10H,11H2,1-2H3,(H,18,20)/b10-9+.